The van der Waals surface area contributed by atoms with Crippen LogP contribution in [-0.2, 0) is 0 Å². The van der Waals surface area contributed by atoms with E-state index in [1.807, 2.05) is 0 Å². The largest absolute Gasteiger partial charge is 0.0622 e. The van der Waals surface area contributed by atoms with E-state index in [4.69, 9.17) is 0 Å². The minimum Gasteiger partial charge on any atom is -0.0622 e. The maximum Gasteiger partial charge on any atom is -0.00134 e. The lowest BCUT2D eigenvalue weighted by atomic mass is 9.89. The highest BCUT2D eigenvalue weighted by Gasteiger charge is 2.25. The number of hydrogen-bond acceptors (Lipinski definition) is 0. The molecule has 0 radical (unpaired) electrons. The molecule has 0 spiro atoms. The average Bonchev–Trinajstić information content (AvgIpc) is 3.15. The third-order valence-electron chi connectivity index (χ3n) is 6.58. The van der Waals surface area contributed by atoms with Crippen molar-refractivity contribution in [2.24, 2.45) is 0 Å². The lowest BCUT2D eigenvalue weighted by molar-refractivity contribution is 1.64. The first-order valence-corrected chi connectivity index (χ1v) is 10.5. The fourth-order valence-electron chi connectivity index (χ4n) is 5.31. The van der Waals surface area contributed by atoms with E-state index in [0.29, 0.717) is 0 Å². The summed E-state index contributed by atoms with van der Waals surface area (Å²) in [5.41, 5.74) is 8.01. The van der Waals surface area contributed by atoms with Crippen molar-refractivity contribution in [3.63, 3.8) is 0 Å². The van der Waals surface area contributed by atoms with Gasteiger partial charge < -0.3 is 0 Å². The maximum absolute atomic E-state index is 2.40. The zero-order valence-electron chi connectivity index (χ0n) is 16.4. The molecule has 0 saturated heterocycles. The summed E-state index contributed by atoms with van der Waals surface area (Å²) < 4.78 is 0. The molecule has 0 aromatic heterocycles. The van der Waals surface area contributed by atoms with Crippen molar-refractivity contribution in [3.8, 4) is 33.4 Å². The van der Waals surface area contributed by atoms with Gasteiger partial charge in [-0.15, -0.1) is 0 Å². The summed E-state index contributed by atoms with van der Waals surface area (Å²) >= 11 is 0. The Hall–Kier alpha value is -3.90. The van der Waals surface area contributed by atoms with Crippen LogP contribution in [-0.4, -0.2) is 0 Å². The van der Waals surface area contributed by atoms with Gasteiger partial charge in [-0.3, -0.25) is 0 Å². The lowest BCUT2D eigenvalue weighted by Gasteiger charge is -2.14. The first kappa shape index (κ1) is 16.0. The van der Waals surface area contributed by atoms with E-state index >= 15 is 0 Å². The summed E-state index contributed by atoms with van der Waals surface area (Å²) in [6, 6.07) is 40.0. The molecule has 1 aliphatic carbocycles. The van der Waals surface area contributed by atoms with Crippen molar-refractivity contribution in [1.82, 2.24) is 0 Å². The Balaban J connectivity index is 1.74. The molecule has 0 unspecified atom stereocenters. The molecular formula is C30H18. The molecule has 0 amide bonds. The Labute approximate surface area is 175 Å². The molecule has 0 saturated carbocycles. The topological polar surface area (TPSA) is 0 Å². The molecule has 0 N–H and O–H groups in total. The first-order chi connectivity index (χ1) is 14.9. The van der Waals surface area contributed by atoms with Crippen LogP contribution in [0.5, 0.6) is 0 Å². The van der Waals surface area contributed by atoms with Gasteiger partial charge in [0.2, 0.25) is 0 Å². The van der Waals surface area contributed by atoms with Crippen molar-refractivity contribution in [2.45, 2.75) is 0 Å². The molecule has 0 heteroatoms. The van der Waals surface area contributed by atoms with Crippen LogP contribution >= 0.6 is 0 Å². The second kappa shape index (κ2) is 5.81. The van der Waals surface area contributed by atoms with Crippen LogP contribution in [0.25, 0.3) is 65.7 Å². The van der Waals surface area contributed by atoms with E-state index in [2.05, 4.69) is 109 Å². The Kier molecular flexibility index (Phi) is 3.09. The van der Waals surface area contributed by atoms with E-state index in [1.165, 1.54) is 65.7 Å². The summed E-state index contributed by atoms with van der Waals surface area (Å²) in [5, 5.41) is 8.04. The zero-order chi connectivity index (χ0) is 19.7. The fourth-order valence-corrected chi connectivity index (χ4v) is 5.31. The van der Waals surface area contributed by atoms with E-state index in [-0.39, 0.29) is 0 Å². The normalized spacial score (nSPS) is 12.0. The Morgan fingerprint density at radius 2 is 1.10 bits per heavy atom. The maximum atomic E-state index is 2.40. The highest BCUT2D eigenvalue weighted by atomic mass is 14.3. The second-order valence-corrected chi connectivity index (χ2v) is 8.13. The van der Waals surface area contributed by atoms with Gasteiger partial charge in [0.25, 0.3) is 0 Å². The minimum absolute atomic E-state index is 1.27. The van der Waals surface area contributed by atoms with Gasteiger partial charge >= 0.3 is 0 Å². The SMILES string of the molecule is c1ccc(-c2ccc3c4c(cc5ccc6ccccc6c53)-c3ccccc3-c24)cc1. The van der Waals surface area contributed by atoms with Crippen molar-refractivity contribution < 1.29 is 0 Å². The third kappa shape index (κ3) is 2.00. The van der Waals surface area contributed by atoms with Crippen molar-refractivity contribution >= 4 is 32.3 Å². The van der Waals surface area contributed by atoms with Gasteiger partial charge in [0.05, 0.1) is 0 Å². The van der Waals surface area contributed by atoms with Gasteiger partial charge in [-0.2, -0.15) is 0 Å². The van der Waals surface area contributed by atoms with Crippen molar-refractivity contribution in [1.29, 1.82) is 0 Å². The second-order valence-electron chi connectivity index (χ2n) is 8.13. The molecular weight excluding hydrogens is 360 g/mol. The minimum atomic E-state index is 1.27. The molecule has 138 valence electrons. The average molecular weight is 378 g/mol. The lowest BCUT2D eigenvalue weighted by Crippen LogP contribution is -1.86. The molecule has 6 aromatic rings. The van der Waals surface area contributed by atoms with Crippen LogP contribution in [0.1, 0.15) is 0 Å². The Bertz CT molecular complexity index is 1620. The van der Waals surface area contributed by atoms with Crippen molar-refractivity contribution in [2.75, 3.05) is 0 Å². The number of benzene rings is 6. The van der Waals surface area contributed by atoms with E-state index in [9.17, 15) is 0 Å². The van der Waals surface area contributed by atoms with Crippen LogP contribution in [0.15, 0.2) is 109 Å². The van der Waals surface area contributed by atoms with Gasteiger partial charge in [-0.1, -0.05) is 103 Å². The van der Waals surface area contributed by atoms with Gasteiger partial charge in [0, 0.05) is 0 Å². The smallest absolute Gasteiger partial charge is 0.00134 e. The number of hydrogen-bond donors (Lipinski definition) is 0. The molecule has 30 heavy (non-hydrogen) atoms. The molecule has 0 nitrogen and oxygen atoms in total. The Morgan fingerprint density at radius 3 is 2.00 bits per heavy atom. The molecule has 0 bridgehead atoms. The first-order valence-electron chi connectivity index (χ1n) is 10.5. The van der Waals surface area contributed by atoms with Crippen LogP contribution in [0.2, 0.25) is 0 Å². The standard InChI is InChI=1S/C30H18/c1-2-8-19(9-3-1)23-16-17-26-28-21(15-14-20-10-4-5-11-22(20)28)18-27-24-12-6-7-13-25(24)29(23)30(26)27/h1-18H. The molecule has 0 atom stereocenters. The highest BCUT2D eigenvalue weighted by molar-refractivity contribution is 6.30. The fraction of sp³-hybridized carbons (Fsp3) is 0. The molecule has 7 rings (SSSR count). The quantitative estimate of drug-likeness (QED) is 0.251. The highest BCUT2D eigenvalue weighted by Crippen LogP contribution is 2.53. The van der Waals surface area contributed by atoms with Gasteiger partial charge in [0.1, 0.15) is 0 Å². The van der Waals surface area contributed by atoms with Gasteiger partial charge in [0.15, 0.2) is 0 Å². The molecule has 0 aliphatic heterocycles. The van der Waals surface area contributed by atoms with Gasteiger partial charge in [-0.05, 0) is 71.8 Å². The molecule has 0 fully saturated rings. The predicted molar refractivity (Wildman–Crippen MR) is 129 cm³/mol. The molecule has 0 heterocycles. The predicted octanol–water partition coefficient (Wildman–Crippen LogP) is 8.46. The number of fused-ring (bicyclic) bond motifs is 7. The van der Waals surface area contributed by atoms with Crippen LogP contribution in [0, 0.1) is 0 Å². The summed E-state index contributed by atoms with van der Waals surface area (Å²) in [5.74, 6) is 0. The van der Waals surface area contributed by atoms with Crippen LogP contribution in [0.4, 0.5) is 0 Å². The molecule has 1 aliphatic rings. The van der Waals surface area contributed by atoms with Crippen LogP contribution in [0.3, 0.4) is 0 Å². The van der Waals surface area contributed by atoms with E-state index < -0.39 is 0 Å². The zero-order valence-corrected chi connectivity index (χ0v) is 16.4. The molecule has 6 aromatic carbocycles. The summed E-state index contributed by atoms with van der Waals surface area (Å²) in [6.45, 7) is 0. The summed E-state index contributed by atoms with van der Waals surface area (Å²) in [7, 11) is 0. The third-order valence-corrected chi connectivity index (χ3v) is 6.58. The monoisotopic (exact) mass is 378 g/mol. The van der Waals surface area contributed by atoms with Gasteiger partial charge in [-0.25, -0.2) is 0 Å². The Morgan fingerprint density at radius 1 is 0.367 bits per heavy atom. The summed E-state index contributed by atoms with van der Waals surface area (Å²) in [4.78, 5) is 0. The van der Waals surface area contributed by atoms with Crippen molar-refractivity contribution in [3.05, 3.63) is 109 Å². The van der Waals surface area contributed by atoms with E-state index in [0.717, 1.165) is 0 Å². The van der Waals surface area contributed by atoms with E-state index in [1.54, 1.807) is 0 Å². The van der Waals surface area contributed by atoms with Crippen LogP contribution < -0.4 is 0 Å². The summed E-state index contributed by atoms with van der Waals surface area (Å²) in [6.07, 6.45) is 0. The number of rotatable bonds is 1.